The molecule has 2 aromatic rings. The lowest BCUT2D eigenvalue weighted by molar-refractivity contribution is -0.137. The van der Waals surface area contributed by atoms with E-state index in [9.17, 15) is 22.8 Å². The van der Waals surface area contributed by atoms with Crippen LogP contribution in [0.3, 0.4) is 0 Å². The third-order valence-electron chi connectivity index (χ3n) is 4.20. The molecule has 1 heterocycles. The number of hydrogen-bond donors (Lipinski definition) is 1. The van der Waals surface area contributed by atoms with Crippen molar-refractivity contribution >= 4 is 46.4 Å². The topological polar surface area (TPSA) is 49.4 Å². The van der Waals surface area contributed by atoms with Gasteiger partial charge in [-0.2, -0.15) is 13.2 Å². The van der Waals surface area contributed by atoms with E-state index >= 15 is 0 Å². The summed E-state index contributed by atoms with van der Waals surface area (Å²) in [5.74, 6) is -1.95. The van der Waals surface area contributed by atoms with Crippen LogP contribution in [0.25, 0.3) is 0 Å². The summed E-state index contributed by atoms with van der Waals surface area (Å²) in [5, 5.41) is 3.20. The van der Waals surface area contributed by atoms with E-state index in [1.807, 2.05) is 0 Å². The SMILES string of the molecule is O=C(Nc1ccc(C(F)(F)F)cc1)[C@H]1CCN(c2ccc(Cl)cc2Cl)C1=O. The van der Waals surface area contributed by atoms with Crippen LogP contribution in [-0.4, -0.2) is 18.4 Å². The predicted molar refractivity (Wildman–Crippen MR) is 97.0 cm³/mol. The van der Waals surface area contributed by atoms with Gasteiger partial charge in [-0.1, -0.05) is 23.2 Å². The Morgan fingerprint density at radius 2 is 1.78 bits per heavy atom. The van der Waals surface area contributed by atoms with Gasteiger partial charge in [0, 0.05) is 17.3 Å². The zero-order valence-corrected chi connectivity index (χ0v) is 15.2. The lowest BCUT2D eigenvalue weighted by Crippen LogP contribution is -2.33. The van der Waals surface area contributed by atoms with Gasteiger partial charge in [-0.15, -0.1) is 0 Å². The number of rotatable bonds is 3. The number of carbonyl (C=O) groups is 2. The van der Waals surface area contributed by atoms with Gasteiger partial charge in [0.2, 0.25) is 11.8 Å². The molecule has 0 radical (unpaired) electrons. The molecule has 2 aromatic carbocycles. The standard InChI is InChI=1S/C18H13Cl2F3N2O2/c19-11-3-6-15(14(20)9-11)25-8-7-13(17(25)27)16(26)24-12-4-1-10(2-5-12)18(21,22)23/h1-6,9,13H,7-8H2,(H,24,26)/t13-/m1/s1. The summed E-state index contributed by atoms with van der Waals surface area (Å²) < 4.78 is 37.8. The van der Waals surface area contributed by atoms with Crippen LogP contribution in [-0.2, 0) is 15.8 Å². The average Bonchev–Trinajstić information content (AvgIpc) is 2.96. The van der Waals surface area contributed by atoms with E-state index in [-0.39, 0.29) is 12.1 Å². The first-order valence-corrected chi connectivity index (χ1v) is 8.67. The van der Waals surface area contributed by atoms with Crippen molar-refractivity contribution in [2.75, 3.05) is 16.8 Å². The number of carbonyl (C=O) groups excluding carboxylic acids is 2. The van der Waals surface area contributed by atoms with E-state index in [2.05, 4.69) is 5.32 Å². The predicted octanol–water partition coefficient (Wildman–Crippen LogP) is 5.00. The average molecular weight is 417 g/mol. The number of benzene rings is 2. The molecule has 1 aliphatic rings. The minimum atomic E-state index is -4.46. The van der Waals surface area contributed by atoms with Crippen molar-refractivity contribution in [1.29, 1.82) is 0 Å². The minimum Gasteiger partial charge on any atom is -0.325 e. The van der Waals surface area contributed by atoms with Gasteiger partial charge >= 0.3 is 6.18 Å². The first kappa shape index (κ1) is 19.5. The maximum absolute atomic E-state index is 12.6. The molecule has 0 spiro atoms. The lowest BCUT2D eigenvalue weighted by Gasteiger charge is -2.18. The summed E-state index contributed by atoms with van der Waals surface area (Å²) >= 11 is 12.0. The third kappa shape index (κ3) is 4.20. The summed E-state index contributed by atoms with van der Waals surface area (Å²) in [4.78, 5) is 26.4. The van der Waals surface area contributed by atoms with Crippen LogP contribution < -0.4 is 10.2 Å². The van der Waals surface area contributed by atoms with E-state index in [1.165, 1.54) is 11.0 Å². The number of alkyl halides is 3. The monoisotopic (exact) mass is 416 g/mol. The van der Waals surface area contributed by atoms with Crippen LogP contribution in [0.2, 0.25) is 10.0 Å². The van der Waals surface area contributed by atoms with Crippen LogP contribution in [0.15, 0.2) is 42.5 Å². The number of nitrogens with one attached hydrogen (secondary N) is 1. The molecule has 0 aromatic heterocycles. The summed E-state index contributed by atoms with van der Waals surface area (Å²) in [7, 11) is 0. The molecule has 142 valence electrons. The zero-order valence-electron chi connectivity index (χ0n) is 13.7. The van der Waals surface area contributed by atoms with Gasteiger partial charge in [0.25, 0.3) is 0 Å². The van der Waals surface area contributed by atoms with Gasteiger partial charge in [0.1, 0.15) is 5.92 Å². The molecule has 3 rings (SSSR count). The Morgan fingerprint density at radius 1 is 1.11 bits per heavy atom. The molecule has 1 atom stereocenters. The highest BCUT2D eigenvalue weighted by molar-refractivity contribution is 6.37. The summed E-state index contributed by atoms with van der Waals surface area (Å²) in [6.45, 7) is 0.297. The molecule has 0 aliphatic carbocycles. The number of halogens is 5. The highest BCUT2D eigenvalue weighted by Crippen LogP contribution is 2.34. The van der Waals surface area contributed by atoms with Crippen molar-refractivity contribution in [2.24, 2.45) is 5.92 Å². The Hall–Kier alpha value is -2.25. The summed E-state index contributed by atoms with van der Waals surface area (Å²) in [6, 6.07) is 8.71. The fourth-order valence-electron chi connectivity index (χ4n) is 2.83. The van der Waals surface area contributed by atoms with Crippen molar-refractivity contribution < 1.29 is 22.8 Å². The molecule has 0 saturated carbocycles. The second kappa shape index (κ2) is 7.40. The fourth-order valence-corrected chi connectivity index (χ4v) is 3.34. The summed E-state index contributed by atoms with van der Waals surface area (Å²) in [5.41, 5.74) is -0.180. The maximum Gasteiger partial charge on any atom is 0.416 e. The maximum atomic E-state index is 12.6. The first-order valence-electron chi connectivity index (χ1n) is 7.91. The zero-order chi connectivity index (χ0) is 19.8. The van der Waals surface area contributed by atoms with E-state index in [4.69, 9.17) is 23.2 Å². The van der Waals surface area contributed by atoms with Crippen LogP contribution in [0, 0.1) is 5.92 Å². The molecule has 0 bridgehead atoms. The Morgan fingerprint density at radius 3 is 2.37 bits per heavy atom. The molecule has 1 fully saturated rings. The Labute approximate surface area is 162 Å². The van der Waals surface area contributed by atoms with Gasteiger partial charge in [-0.25, -0.2) is 0 Å². The molecule has 1 saturated heterocycles. The Kier molecular flexibility index (Phi) is 5.35. The lowest BCUT2D eigenvalue weighted by atomic mass is 10.1. The molecule has 1 aliphatic heterocycles. The van der Waals surface area contributed by atoms with Crippen LogP contribution >= 0.6 is 23.2 Å². The number of hydrogen-bond acceptors (Lipinski definition) is 2. The quantitative estimate of drug-likeness (QED) is 0.715. The Balaban J connectivity index is 1.70. The number of anilines is 2. The minimum absolute atomic E-state index is 0.184. The smallest absolute Gasteiger partial charge is 0.325 e. The highest BCUT2D eigenvalue weighted by atomic mass is 35.5. The van der Waals surface area contributed by atoms with Gasteiger partial charge in [-0.05, 0) is 48.9 Å². The van der Waals surface area contributed by atoms with Crippen molar-refractivity contribution in [1.82, 2.24) is 0 Å². The first-order chi connectivity index (χ1) is 12.7. The second-order valence-electron chi connectivity index (χ2n) is 5.99. The molecule has 2 amide bonds. The molecule has 0 unspecified atom stereocenters. The molecular weight excluding hydrogens is 404 g/mol. The van der Waals surface area contributed by atoms with Gasteiger partial charge in [-0.3, -0.25) is 9.59 Å². The van der Waals surface area contributed by atoms with E-state index in [1.54, 1.807) is 12.1 Å². The number of nitrogens with zero attached hydrogens (tertiary/aromatic N) is 1. The van der Waals surface area contributed by atoms with E-state index in [0.29, 0.717) is 22.3 Å². The van der Waals surface area contributed by atoms with Gasteiger partial charge < -0.3 is 10.2 Å². The molecule has 27 heavy (non-hydrogen) atoms. The molecule has 9 heteroatoms. The highest BCUT2D eigenvalue weighted by Gasteiger charge is 2.38. The number of amides is 2. The second-order valence-corrected chi connectivity index (χ2v) is 6.83. The van der Waals surface area contributed by atoms with Crippen molar-refractivity contribution in [3.8, 4) is 0 Å². The van der Waals surface area contributed by atoms with E-state index < -0.39 is 29.5 Å². The molecule has 4 nitrogen and oxygen atoms in total. The molecular formula is C18H13Cl2F3N2O2. The molecule has 1 N–H and O–H groups in total. The largest absolute Gasteiger partial charge is 0.416 e. The fraction of sp³-hybridized carbons (Fsp3) is 0.222. The van der Waals surface area contributed by atoms with Crippen molar-refractivity contribution in [2.45, 2.75) is 12.6 Å². The van der Waals surface area contributed by atoms with Gasteiger partial charge in [0.15, 0.2) is 0 Å². The van der Waals surface area contributed by atoms with Crippen molar-refractivity contribution in [3.63, 3.8) is 0 Å². The third-order valence-corrected chi connectivity index (χ3v) is 4.74. The van der Waals surface area contributed by atoms with Gasteiger partial charge in [0.05, 0.1) is 16.3 Å². The van der Waals surface area contributed by atoms with Crippen molar-refractivity contribution in [3.05, 3.63) is 58.1 Å². The van der Waals surface area contributed by atoms with Crippen LogP contribution in [0.4, 0.5) is 24.5 Å². The summed E-state index contributed by atoms with van der Waals surface area (Å²) in [6.07, 6.45) is -4.19. The Bertz CT molecular complexity index is 885. The van der Waals surface area contributed by atoms with Crippen LogP contribution in [0.5, 0.6) is 0 Å². The van der Waals surface area contributed by atoms with E-state index in [0.717, 1.165) is 24.3 Å². The normalized spacial score (nSPS) is 17.3. The van der Waals surface area contributed by atoms with Crippen LogP contribution in [0.1, 0.15) is 12.0 Å².